The molecule has 0 fully saturated rings. The summed E-state index contributed by atoms with van der Waals surface area (Å²) in [6.45, 7) is 7.50. The third-order valence-electron chi connectivity index (χ3n) is 2.56. The first kappa shape index (κ1) is 14.4. The average Bonchev–Trinajstić information content (AvgIpc) is 2.20. The van der Waals surface area contributed by atoms with Gasteiger partial charge in [-0.25, -0.2) is 0 Å². The van der Waals surface area contributed by atoms with Gasteiger partial charge < -0.3 is 10.6 Å². The van der Waals surface area contributed by atoms with E-state index in [-0.39, 0.29) is 11.9 Å². The zero-order chi connectivity index (χ0) is 11.7. The van der Waals surface area contributed by atoms with Gasteiger partial charge in [-0.05, 0) is 20.3 Å². The Kier molecular flexibility index (Phi) is 8.38. The Morgan fingerprint density at radius 3 is 2.40 bits per heavy atom. The Labute approximate surface area is 94.0 Å². The fourth-order valence-electron chi connectivity index (χ4n) is 1.66. The van der Waals surface area contributed by atoms with Gasteiger partial charge in [0.1, 0.15) is 0 Å². The highest BCUT2D eigenvalue weighted by Crippen LogP contribution is 2.07. The van der Waals surface area contributed by atoms with Crippen molar-refractivity contribution in [2.75, 3.05) is 13.1 Å². The third kappa shape index (κ3) is 6.50. The molecule has 0 aliphatic heterocycles. The van der Waals surface area contributed by atoms with Crippen LogP contribution in [0.5, 0.6) is 0 Å². The summed E-state index contributed by atoms with van der Waals surface area (Å²) in [6.07, 6.45) is 5.30. The van der Waals surface area contributed by atoms with E-state index in [4.69, 9.17) is 5.73 Å². The van der Waals surface area contributed by atoms with E-state index >= 15 is 0 Å². The molecular formula is C12H26N2O. The number of nitrogens with zero attached hydrogens (tertiary/aromatic N) is 1. The number of nitrogens with two attached hydrogens (primary N) is 1. The van der Waals surface area contributed by atoms with E-state index < -0.39 is 0 Å². The predicted octanol–water partition coefficient (Wildman–Crippen LogP) is 2.15. The van der Waals surface area contributed by atoms with Crippen LogP contribution in [0.25, 0.3) is 0 Å². The van der Waals surface area contributed by atoms with E-state index in [9.17, 15) is 4.79 Å². The molecule has 0 aromatic heterocycles. The molecule has 0 aliphatic carbocycles. The van der Waals surface area contributed by atoms with E-state index in [1.165, 1.54) is 12.8 Å². The number of unbranched alkanes of at least 4 members (excludes halogenated alkanes) is 3. The molecule has 0 saturated heterocycles. The molecule has 1 amide bonds. The predicted molar refractivity (Wildman–Crippen MR) is 64.7 cm³/mol. The van der Waals surface area contributed by atoms with E-state index in [0.29, 0.717) is 19.5 Å². The van der Waals surface area contributed by atoms with Crippen LogP contribution in [0, 0.1) is 0 Å². The van der Waals surface area contributed by atoms with Gasteiger partial charge in [0.15, 0.2) is 0 Å². The number of amides is 1. The molecular weight excluding hydrogens is 188 g/mol. The van der Waals surface area contributed by atoms with E-state index in [1.807, 2.05) is 18.7 Å². The highest BCUT2D eigenvalue weighted by Gasteiger charge is 2.14. The maximum absolute atomic E-state index is 11.8. The van der Waals surface area contributed by atoms with Crippen molar-refractivity contribution in [2.24, 2.45) is 5.73 Å². The summed E-state index contributed by atoms with van der Waals surface area (Å²) in [7, 11) is 0. The standard InChI is InChI=1S/C12H26N2O/c1-4-5-6-7-8-12(15)14(10-9-13)11(2)3/h11H,4-10,13H2,1-3H3. The Bertz CT molecular complexity index is 169. The zero-order valence-corrected chi connectivity index (χ0v) is 10.5. The molecule has 0 aromatic rings. The van der Waals surface area contributed by atoms with Crippen molar-refractivity contribution in [3.05, 3.63) is 0 Å². The van der Waals surface area contributed by atoms with Gasteiger partial charge in [-0.3, -0.25) is 4.79 Å². The molecule has 0 saturated carbocycles. The van der Waals surface area contributed by atoms with Crippen LogP contribution in [0.4, 0.5) is 0 Å². The SMILES string of the molecule is CCCCCCC(=O)N(CCN)C(C)C. The highest BCUT2D eigenvalue weighted by molar-refractivity contribution is 5.76. The lowest BCUT2D eigenvalue weighted by Gasteiger charge is -2.26. The zero-order valence-electron chi connectivity index (χ0n) is 10.5. The van der Waals surface area contributed by atoms with Gasteiger partial charge in [0.2, 0.25) is 5.91 Å². The van der Waals surface area contributed by atoms with Crippen LogP contribution in [-0.2, 0) is 4.79 Å². The molecule has 3 nitrogen and oxygen atoms in total. The molecule has 0 aliphatic rings. The van der Waals surface area contributed by atoms with Gasteiger partial charge in [0.25, 0.3) is 0 Å². The first-order chi connectivity index (χ1) is 7.13. The van der Waals surface area contributed by atoms with Crippen LogP contribution in [-0.4, -0.2) is 29.9 Å². The van der Waals surface area contributed by atoms with Crippen LogP contribution in [0.15, 0.2) is 0 Å². The van der Waals surface area contributed by atoms with Crippen LogP contribution < -0.4 is 5.73 Å². The van der Waals surface area contributed by atoms with E-state index in [0.717, 1.165) is 12.8 Å². The van der Waals surface area contributed by atoms with Crippen molar-refractivity contribution in [3.8, 4) is 0 Å². The minimum Gasteiger partial charge on any atom is -0.339 e. The molecule has 3 heteroatoms. The lowest BCUT2D eigenvalue weighted by atomic mass is 10.1. The quantitative estimate of drug-likeness (QED) is 0.629. The summed E-state index contributed by atoms with van der Waals surface area (Å²) in [4.78, 5) is 13.7. The number of carbonyl (C=O) groups excluding carboxylic acids is 1. The van der Waals surface area contributed by atoms with E-state index in [2.05, 4.69) is 6.92 Å². The fourth-order valence-corrected chi connectivity index (χ4v) is 1.66. The van der Waals surface area contributed by atoms with Crippen molar-refractivity contribution < 1.29 is 4.79 Å². The molecule has 0 bridgehead atoms. The maximum atomic E-state index is 11.8. The first-order valence-corrected chi connectivity index (χ1v) is 6.13. The second-order valence-electron chi connectivity index (χ2n) is 4.28. The minimum absolute atomic E-state index is 0.256. The van der Waals surface area contributed by atoms with Crippen molar-refractivity contribution in [1.82, 2.24) is 4.90 Å². The monoisotopic (exact) mass is 214 g/mol. The van der Waals surface area contributed by atoms with Crippen molar-refractivity contribution in [3.63, 3.8) is 0 Å². The minimum atomic E-state index is 0.256. The second-order valence-corrected chi connectivity index (χ2v) is 4.28. The van der Waals surface area contributed by atoms with Gasteiger partial charge in [0, 0.05) is 25.6 Å². The lowest BCUT2D eigenvalue weighted by molar-refractivity contribution is -0.132. The van der Waals surface area contributed by atoms with Gasteiger partial charge in [-0.2, -0.15) is 0 Å². The molecule has 0 rings (SSSR count). The number of carbonyl (C=O) groups is 1. The molecule has 0 atom stereocenters. The molecule has 2 N–H and O–H groups in total. The Morgan fingerprint density at radius 1 is 1.27 bits per heavy atom. The second kappa shape index (κ2) is 8.72. The number of hydrogen-bond acceptors (Lipinski definition) is 2. The fraction of sp³-hybridized carbons (Fsp3) is 0.917. The van der Waals surface area contributed by atoms with Gasteiger partial charge in [0.05, 0.1) is 0 Å². The molecule has 0 heterocycles. The van der Waals surface area contributed by atoms with Crippen LogP contribution in [0.1, 0.15) is 52.9 Å². The Balaban J connectivity index is 3.82. The molecule has 0 radical (unpaired) electrons. The summed E-state index contributed by atoms with van der Waals surface area (Å²) in [5.74, 6) is 0.256. The topological polar surface area (TPSA) is 46.3 Å². The normalized spacial score (nSPS) is 10.7. The highest BCUT2D eigenvalue weighted by atomic mass is 16.2. The van der Waals surface area contributed by atoms with Gasteiger partial charge >= 0.3 is 0 Å². The Hall–Kier alpha value is -0.570. The smallest absolute Gasteiger partial charge is 0.222 e. The van der Waals surface area contributed by atoms with E-state index in [1.54, 1.807) is 0 Å². The maximum Gasteiger partial charge on any atom is 0.222 e. The molecule has 90 valence electrons. The molecule has 0 spiro atoms. The summed E-state index contributed by atoms with van der Waals surface area (Å²) in [6, 6.07) is 0.271. The van der Waals surface area contributed by atoms with Crippen LogP contribution >= 0.6 is 0 Å². The number of rotatable bonds is 8. The molecule has 0 unspecified atom stereocenters. The first-order valence-electron chi connectivity index (χ1n) is 6.13. The van der Waals surface area contributed by atoms with Crippen molar-refractivity contribution in [1.29, 1.82) is 0 Å². The van der Waals surface area contributed by atoms with Gasteiger partial charge in [-0.1, -0.05) is 26.2 Å². The van der Waals surface area contributed by atoms with Crippen LogP contribution in [0.2, 0.25) is 0 Å². The summed E-state index contributed by atoms with van der Waals surface area (Å²) >= 11 is 0. The Morgan fingerprint density at radius 2 is 1.93 bits per heavy atom. The lowest BCUT2D eigenvalue weighted by Crippen LogP contribution is -2.40. The summed E-state index contributed by atoms with van der Waals surface area (Å²) in [5, 5.41) is 0. The summed E-state index contributed by atoms with van der Waals surface area (Å²) < 4.78 is 0. The molecule has 0 aromatic carbocycles. The molecule has 15 heavy (non-hydrogen) atoms. The summed E-state index contributed by atoms with van der Waals surface area (Å²) in [5.41, 5.74) is 5.49. The number of hydrogen-bond donors (Lipinski definition) is 1. The third-order valence-corrected chi connectivity index (χ3v) is 2.56. The van der Waals surface area contributed by atoms with Crippen molar-refractivity contribution in [2.45, 2.75) is 58.9 Å². The average molecular weight is 214 g/mol. The van der Waals surface area contributed by atoms with Gasteiger partial charge in [-0.15, -0.1) is 0 Å². The largest absolute Gasteiger partial charge is 0.339 e. The van der Waals surface area contributed by atoms with Crippen molar-refractivity contribution >= 4 is 5.91 Å². The van der Waals surface area contributed by atoms with Crippen LogP contribution in [0.3, 0.4) is 0 Å².